The third kappa shape index (κ3) is 1.88. The fourth-order valence-corrected chi connectivity index (χ4v) is 2.31. The predicted molar refractivity (Wildman–Crippen MR) is 67.5 cm³/mol. The van der Waals surface area contributed by atoms with Gasteiger partial charge in [-0.3, -0.25) is 14.8 Å². The van der Waals surface area contributed by atoms with Crippen LogP contribution < -0.4 is 4.90 Å². The predicted octanol–water partition coefficient (Wildman–Crippen LogP) is 1.54. The van der Waals surface area contributed by atoms with Gasteiger partial charge in [-0.15, -0.1) is 0 Å². The molecule has 18 heavy (non-hydrogen) atoms. The number of rotatable bonds is 2. The smallest absolute Gasteiger partial charge is 0.308 e. The first-order valence-electron chi connectivity index (χ1n) is 5.92. The lowest BCUT2D eigenvalue weighted by atomic mass is 10.1. The van der Waals surface area contributed by atoms with Crippen molar-refractivity contribution in [2.45, 2.75) is 6.42 Å². The van der Waals surface area contributed by atoms with Crippen molar-refractivity contribution in [3.05, 3.63) is 30.6 Å². The van der Waals surface area contributed by atoms with Gasteiger partial charge in [-0.05, 0) is 24.6 Å². The van der Waals surface area contributed by atoms with Crippen molar-refractivity contribution in [1.29, 1.82) is 0 Å². The topological polar surface area (TPSA) is 66.3 Å². The highest BCUT2D eigenvalue weighted by Gasteiger charge is 2.28. The Morgan fingerprint density at radius 2 is 2.28 bits per heavy atom. The minimum atomic E-state index is -0.718. The maximum atomic E-state index is 10.9. The highest BCUT2D eigenvalue weighted by Crippen LogP contribution is 2.25. The third-order valence-electron chi connectivity index (χ3n) is 3.34. The van der Waals surface area contributed by atoms with Gasteiger partial charge in [-0.1, -0.05) is 0 Å². The molecule has 1 atom stereocenters. The quantitative estimate of drug-likeness (QED) is 0.866. The lowest BCUT2D eigenvalue weighted by Crippen LogP contribution is -2.22. The number of carboxylic acid groups (broad SMARTS) is 1. The van der Waals surface area contributed by atoms with Gasteiger partial charge in [0.2, 0.25) is 0 Å². The number of hydrogen-bond acceptors (Lipinski definition) is 4. The van der Waals surface area contributed by atoms with E-state index in [0.717, 1.165) is 23.3 Å². The summed E-state index contributed by atoms with van der Waals surface area (Å²) < 4.78 is 0. The molecule has 92 valence electrons. The van der Waals surface area contributed by atoms with E-state index in [1.807, 2.05) is 18.2 Å². The second kappa shape index (κ2) is 4.25. The van der Waals surface area contributed by atoms with E-state index in [4.69, 9.17) is 5.11 Å². The lowest BCUT2D eigenvalue weighted by molar-refractivity contribution is -0.140. The Morgan fingerprint density at radius 3 is 3.06 bits per heavy atom. The van der Waals surface area contributed by atoms with E-state index in [0.29, 0.717) is 13.0 Å². The minimum Gasteiger partial charge on any atom is -0.481 e. The molecule has 0 amide bonds. The average Bonchev–Trinajstić information content (AvgIpc) is 2.88. The second-order valence-electron chi connectivity index (χ2n) is 4.51. The number of hydrogen-bond donors (Lipinski definition) is 1. The summed E-state index contributed by atoms with van der Waals surface area (Å²) in [4.78, 5) is 21.6. The second-order valence-corrected chi connectivity index (χ2v) is 4.51. The van der Waals surface area contributed by atoms with Crippen LogP contribution in [-0.4, -0.2) is 34.1 Å². The van der Waals surface area contributed by atoms with Gasteiger partial charge in [-0.2, -0.15) is 0 Å². The Kier molecular flexibility index (Phi) is 2.59. The van der Waals surface area contributed by atoms with Crippen LogP contribution in [0.2, 0.25) is 0 Å². The van der Waals surface area contributed by atoms with Crippen molar-refractivity contribution in [2.24, 2.45) is 5.92 Å². The van der Waals surface area contributed by atoms with Crippen molar-refractivity contribution >= 4 is 22.7 Å². The summed E-state index contributed by atoms with van der Waals surface area (Å²) in [7, 11) is 0. The molecule has 3 rings (SSSR count). The molecule has 0 aliphatic carbocycles. The van der Waals surface area contributed by atoms with Crippen LogP contribution in [0.4, 0.5) is 5.69 Å². The molecule has 0 bridgehead atoms. The summed E-state index contributed by atoms with van der Waals surface area (Å²) in [6.07, 6.45) is 4.21. The van der Waals surface area contributed by atoms with Crippen LogP contribution in [0.1, 0.15) is 6.42 Å². The van der Waals surface area contributed by atoms with E-state index < -0.39 is 5.97 Å². The van der Waals surface area contributed by atoms with Crippen LogP contribution in [-0.2, 0) is 4.79 Å². The van der Waals surface area contributed by atoms with Gasteiger partial charge in [0.05, 0.1) is 28.8 Å². The molecule has 0 saturated carbocycles. The van der Waals surface area contributed by atoms with Gasteiger partial charge in [-0.25, -0.2) is 0 Å². The third-order valence-corrected chi connectivity index (χ3v) is 3.34. The van der Waals surface area contributed by atoms with E-state index >= 15 is 0 Å². The highest BCUT2D eigenvalue weighted by molar-refractivity contribution is 5.78. The molecule has 0 radical (unpaired) electrons. The van der Waals surface area contributed by atoms with Crippen LogP contribution in [0.15, 0.2) is 30.6 Å². The minimum absolute atomic E-state index is 0.274. The standard InChI is InChI=1S/C13H13N3O2/c17-13(18)9-3-5-16(8-9)10-6-12-11(15-7-10)2-1-4-14-12/h1-2,4,6-7,9H,3,5,8H2,(H,17,18). The summed E-state index contributed by atoms with van der Waals surface area (Å²) in [6, 6.07) is 5.73. The van der Waals surface area contributed by atoms with Gasteiger partial charge in [0.1, 0.15) is 0 Å². The Labute approximate surface area is 104 Å². The Bertz CT molecular complexity index is 600. The zero-order valence-corrected chi connectivity index (χ0v) is 9.78. The highest BCUT2D eigenvalue weighted by atomic mass is 16.4. The molecular weight excluding hydrogens is 230 g/mol. The van der Waals surface area contributed by atoms with Crippen LogP contribution in [0, 0.1) is 5.92 Å². The monoisotopic (exact) mass is 243 g/mol. The molecule has 1 aliphatic heterocycles. The van der Waals surface area contributed by atoms with Crippen molar-refractivity contribution in [3.63, 3.8) is 0 Å². The zero-order chi connectivity index (χ0) is 12.5. The molecule has 1 aliphatic rings. The maximum Gasteiger partial charge on any atom is 0.308 e. The van der Waals surface area contributed by atoms with E-state index in [-0.39, 0.29) is 5.92 Å². The first-order chi connectivity index (χ1) is 8.74. The molecule has 5 heteroatoms. The van der Waals surface area contributed by atoms with Gasteiger partial charge in [0.15, 0.2) is 0 Å². The first kappa shape index (κ1) is 11.0. The molecule has 1 fully saturated rings. The van der Waals surface area contributed by atoms with E-state index in [1.54, 1.807) is 12.4 Å². The molecule has 1 saturated heterocycles. The number of carbonyl (C=O) groups is 1. The molecular formula is C13H13N3O2. The van der Waals surface area contributed by atoms with Gasteiger partial charge in [0, 0.05) is 19.3 Å². The molecule has 2 aromatic heterocycles. The first-order valence-corrected chi connectivity index (χ1v) is 5.92. The maximum absolute atomic E-state index is 10.9. The van der Waals surface area contributed by atoms with Gasteiger partial charge < -0.3 is 10.0 Å². The number of pyridine rings is 2. The van der Waals surface area contributed by atoms with Crippen molar-refractivity contribution in [1.82, 2.24) is 9.97 Å². The molecule has 3 heterocycles. The van der Waals surface area contributed by atoms with Gasteiger partial charge >= 0.3 is 5.97 Å². The molecule has 0 aromatic carbocycles. The van der Waals surface area contributed by atoms with Crippen LogP contribution in [0.5, 0.6) is 0 Å². The fraction of sp³-hybridized carbons (Fsp3) is 0.308. The zero-order valence-electron chi connectivity index (χ0n) is 9.78. The van der Waals surface area contributed by atoms with Crippen LogP contribution in [0.3, 0.4) is 0 Å². The van der Waals surface area contributed by atoms with E-state index in [9.17, 15) is 4.79 Å². The number of anilines is 1. The normalized spacial score (nSPS) is 19.3. The number of aromatic nitrogens is 2. The molecule has 2 aromatic rings. The molecule has 1 N–H and O–H groups in total. The lowest BCUT2D eigenvalue weighted by Gasteiger charge is -2.17. The number of aliphatic carboxylic acids is 1. The average molecular weight is 243 g/mol. The van der Waals surface area contributed by atoms with Crippen molar-refractivity contribution in [2.75, 3.05) is 18.0 Å². The van der Waals surface area contributed by atoms with E-state index in [2.05, 4.69) is 14.9 Å². The SMILES string of the molecule is O=C(O)C1CCN(c2cnc3cccnc3c2)C1. The van der Waals surface area contributed by atoms with Gasteiger partial charge in [0.25, 0.3) is 0 Å². The van der Waals surface area contributed by atoms with Crippen LogP contribution in [0.25, 0.3) is 11.0 Å². The number of fused-ring (bicyclic) bond motifs is 1. The summed E-state index contributed by atoms with van der Waals surface area (Å²) in [5.74, 6) is -0.992. The summed E-state index contributed by atoms with van der Waals surface area (Å²) in [5.41, 5.74) is 2.65. The van der Waals surface area contributed by atoms with Crippen LogP contribution >= 0.6 is 0 Å². The largest absolute Gasteiger partial charge is 0.481 e. The number of nitrogens with zero attached hydrogens (tertiary/aromatic N) is 3. The van der Waals surface area contributed by atoms with Crippen molar-refractivity contribution < 1.29 is 9.90 Å². The fourth-order valence-electron chi connectivity index (χ4n) is 2.31. The van der Waals surface area contributed by atoms with Crippen molar-refractivity contribution in [3.8, 4) is 0 Å². The van der Waals surface area contributed by atoms with E-state index in [1.165, 1.54) is 0 Å². The summed E-state index contributed by atoms with van der Waals surface area (Å²) in [6.45, 7) is 1.31. The number of carboxylic acids is 1. The summed E-state index contributed by atoms with van der Waals surface area (Å²) in [5, 5.41) is 9.00. The summed E-state index contributed by atoms with van der Waals surface area (Å²) >= 11 is 0. The Hall–Kier alpha value is -2.17. The molecule has 1 unspecified atom stereocenters. The Balaban J connectivity index is 1.89. The molecule has 0 spiro atoms. The molecule has 5 nitrogen and oxygen atoms in total. The Morgan fingerprint density at radius 1 is 1.39 bits per heavy atom.